The number of hydrogen-bond donors (Lipinski definition) is 1. The molecule has 0 aromatic carbocycles. The standard InChI is InChI=1S/C14H21N5O/c1-2-4-15-12-11-19-7-5-16-13(19)14(17-12)18-6-3-9-20-10-8-18/h5,7,11,15H,2-4,6,8-10H2,1H3. The van der Waals surface area contributed by atoms with Crippen molar-refractivity contribution in [3.8, 4) is 0 Å². The summed E-state index contributed by atoms with van der Waals surface area (Å²) in [7, 11) is 0. The number of imidazole rings is 1. The number of hydrogen-bond acceptors (Lipinski definition) is 5. The van der Waals surface area contributed by atoms with Gasteiger partial charge >= 0.3 is 0 Å². The second kappa shape index (κ2) is 6.09. The van der Waals surface area contributed by atoms with Crippen LogP contribution in [0.15, 0.2) is 18.6 Å². The van der Waals surface area contributed by atoms with Gasteiger partial charge in [-0.05, 0) is 12.8 Å². The molecule has 0 saturated carbocycles. The average molecular weight is 275 g/mol. The summed E-state index contributed by atoms with van der Waals surface area (Å²) in [4.78, 5) is 11.5. The third-order valence-electron chi connectivity index (χ3n) is 3.43. The topological polar surface area (TPSA) is 54.7 Å². The van der Waals surface area contributed by atoms with E-state index in [0.29, 0.717) is 0 Å². The Kier molecular flexibility index (Phi) is 4.01. The third-order valence-corrected chi connectivity index (χ3v) is 3.43. The maximum atomic E-state index is 5.52. The number of aromatic nitrogens is 3. The lowest BCUT2D eigenvalue weighted by Crippen LogP contribution is -2.27. The molecule has 0 amide bonds. The van der Waals surface area contributed by atoms with E-state index in [0.717, 1.165) is 63.0 Å². The summed E-state index contributed by atoms with van der Waals surface area (Å²) in [6.45, 7) is 6.49. The van der Waals surface area contributed by atoms with Crippen LogP contribution < -0.4 is 10.2 Å². The van der Waals surface area contributed by atoms with Crippen LogP contribution >= 0.6 is 0 Å². The molecule has 1 N–H and O–H groups in total. The Bertz CT molecular complexity index is 560. The highest BCUT2D eigenvalue weighted by Gasteiger charge is 2.16. The molecule has 1 aliphatic heterocycles. The molecule has 0 bridgehead atoms. The molecule has 0 spiro atoms. The Balaban J connectivity index is 1.95. The largest absolute Gasteiger partial charge is 0.380 e. The van der Waals surface area contributed by atoms with Crippen LogP contribution in [0.5, 0.6) is 0 Å². The summed E-state index contributed by atoms with van der Waals surface area (Å²) in [5.41, 5.74) is 0.911. The van der Waals surface area contributed by atoms with Gasteiger partial charge in [0.2, 0.25) is 0 Å². The van der Waals surface area contributed by atoms with Gasteiger partial charge in [0.1, 0.15) is 5.82 Å². The SMILES string of the molecule is CCCNc1cn2ccnc2c(N2CCCOCC2)n1. The van der Waals surface area contributed by atoms with Crippen molar-refractivity contribution in [3.63, 3.8) is 0 Å². The first-order valence-electron chi connectivity index (χ1n) is 7.29. The zero-order chi connectivity index (χ0) is 13.8. The highest BCUT2D eigenvalue weighted by atomic mass is 16.5. The Labute approximate surface area is 118 Å². The maximum absolute atomic E-state index is 5.52. The fourth-order valence-corrected chi connectivity index (χ4v) is 2.42. The van der Waals surface area contributed by atoms with E-state index in [2.05, 4.69) is 22.1 Å². The summed E-state index contributed by atoms with van der Waals surface area (Å²) in [6, 6.07) is 0. The Hall–Kier alpha value is -1.82. The molecule has 6 heteroatoms. The lowest BCUT2D eigenvalue weighted by molar-refractivity contribution is 0.152. The minimum absolute atomic E-state index is 0.751. The van der Waals surface area contributed by atoms with Gasteiger partial charge in [-0.25, -0.2) is 9.97 Å². The van der Waals surface area contributed by atoms with Gasteiger partial charge < -0.3 is 19.4 Å². The van der Waals surface area contributed by atoms with Crippen molar-refractivity contribution in [1.82, 2.24) is 14.4 Å². The highest BCUT2D eigenvalue weighted by molar-refractivity contribution is 5.66. The van der Waals surface area contributed by atoms with Crippen LogP contribution in [0.2, 0.25) is 0 Å². The summed E-state index contributed by atoms with van der Waals surface area (Å²) in [5, 5.41) is 3.35. The number of fused-ring (bicyclic) bond motifs is 1. The third kappa shape index (κ3) is 2.70. The van der Waals surface area contributed by atoms with E-state index in [1.165, 1.54) is 0 Å². The van der Waals surface area contributed by atoms with E-state index in [1.807, 2.05) is 23.0 Å². The maximum Gasteiger partial charge on any atom is 0.180 e. The highest BCUT2D eigenvalue weighted by Crippen LogP contribution is 2.21. The van der Waals surface area contributed by atoms with Gasteiger partial charge in [0.25, 0.3) is 0 Å². The van der Waals surface area contributed by atoms with Crippen molar-refractivity contribution >= 4 is 17.3 Å². The minimum atomic E-state index is 0.751. The van der Waals surface area contributed by atoms with Crippen LogP contribution in [-0.4, -0.2) is 47.2 Å². The first kappa shape index (κ1) is 13.2. The van der Waals surface area contributed by atoms with Gasteiger partial charge in [-0.2, -0.15) is 0 Å². The van der Waals surface area contributed by atoms with Crippen molar-refractivity contribution < 1.29 is 4.74 Å². The Morgan fingerprint density at radius 1 is 1.35 bits per heavy atom. The van der Waals surface area contributed by atoms with Gasteiger partial charge in [-0.15, -0.1) is 0 Å². The quantitative estimate of drug-likeness (QED) is 0.921. The van der Waals surface area contributed by atoms with Crippen molar-refractivity contribution in [2.24, 2.45) is 0 Å². The molecule has 1 aliphatic rings. The zero-order valence-corrected chi connectivity index (χ0v) is 11.9. The van der Waals surface area contributed by atoms with Crippen LogP contribution in [0.1, 0.15) is 19.8 Å². The van der Waals surface area contributed by atoms with E-state index in [1.54, 1.807) is 0 Å². The van der Waals surface area contributed by atoms with Crippen LogP contribution in [0, 0.1) is 0 Å². The molecule has 2 aromatic heterocycles. The number of anilines is 2. The Morgan fingerprint density at radius 2 is 2.30 bits per heavy atom. The van der Waals surface area contributed by atoms with Crippen LogP contribution in [0.25, 0.3) is 5.65 Å². The Morgan fingerprint density at radius 3 is 3.20 bits per heavy atom. The molecule has 3 rings (SSSR count). The first-order valence-corrected chi connectivity index (χ1v) is 7.29. The molecule has 108 valence electrons. The van der Waals surface area contributed by atoms with E-state index >= 15 is 0 Å². The van der Waals surface area contributed by atoms with Gasteiger partial charge in [-0.3, -0.25) is 0 Å². The molecular weight excluding hydrogens is 254 g/mol. The van der Waals surface area contributed by atoms with Gasteiger partial charge in [0.05, 0.1) is 12.8 Å². The molecule has 1 saturated heterocycles. The average Bonchev–Trinajstić information content (AvgIpc) is 2.77. The smallest absolute Gasteiger partial charge is 0.180 e. The van der Waals surface area contributed by atoms with Crippen LogP contribution in [-0.2, 0) is 4.74 Å². The van der Waals surface area contributed by atoms with E-state index in [4.69, 9.17) is 9.72 Å². The number of nitrogens with one attached hydrogen (secondary N) is 1. The molecule has 6 nitrogen and oxygen atoms in total. The van der Waals surface area contributed by atoms with E-state index in [-0.39, 0.29) is 0 Å². The zero-order valence-electron chi connectivity index (χ0n) is 11.9. The fraction of sp³-hybridized carbons (Fsp3) is 0.571. The second-order valence-electron chi connectivity index (χ2n) is 4.99. The summed E-state index contributed by atoms with van der Waals surface area (Å²) in [5.74, 6) is 1.85. The summed E-state index contributed by atoms with van der Waals surface area (Å²) in [6.07, 6.45) is 7.89. The minimum Gasteiger partial charge on any atom is -0.380 e. The monoisotopic (exact) mass is 275 g/mol. The molecule has 0 aliphatic carbocycles. The molecule has 0 radical (unpaired) electrons. The lowest BCUT2D eigenvalue weighted by atomic mass is 10.4. The van der Waals surface area contributed by atoms with Crippen molar-refractivity contribution in [2.45, 2.75) is 19.8 Å². The normalized spacial score (nSPS) is 16.4. The van der Waals surface area contributed by atoms with Gasteiger partial charge in [0.15, 0.2) is 11.5 Å². The van der Waals surface area contributed by atoms with Crippen molar-refractivity contribution in [1.29, 1.82) is 0 Å². The van der Waals surface area contributed by atoms with E-state index < -0.39 is 0 Å². The van der Waals surface area contributed by atoms with Gasteiger partial charge in [-0.1, -0.05) is 6.92 Å². The fourth-order valence-electron chi connectivity index (χ4n) is 2.42. The van der Waals surface area contributed by atoms with Crippen LogP contribution in [0.3, 0.4) is 0 Å². The summed E-state index contributed by atoms with van der Waals surface area (Å²) >= 11 is 0. The number of nitrogens with zero attached hydrogens (tertiary/aromatic N) is 4. The number of ether oxygens (including phenoxy) is 1. The first-order chi connectivity index (χ1) is 9.88. The summed E-state index contributed by atoms with van der Waals surface area (Å²) < 4.78 is 7.56. The van der Waals surface area contributed by atoms with E-state index in [9.17, 15) is 0 Å². The molecular formula is C14H21N5O. The lowest BCUT2D eigenvalue weighted by Gasteiger charge is -2.22. The molecule has 2 aromatic rings. The molecule has 20 heavy (non-hydrogen) atoms. The molecule has 3 heterocycles. The predicted octanol–water partition coefficient (Wildman–Crippen LogP) is 1.78. The van der Waals surface area contributed by atoms with Crippen molar-refractivity contribution in [2.75, 3.05) is 43.1 Å². The van der Waals surface area contributed by atoms with Gasteiger partial charge in [0, 0.05) is 38.6 Å². The molecule has 0 atom stereocenters. The number of rotatable bonds is 4. The second-order valence-corrected chi connectivity index (χ2v) is 4.99. The predicted molar refractivity (Wildman–Crippen MR) is 79.4 cm³/mol. The van der Waals surface area contributed by atoms with Crippen molar-refractivity contribution in [3.05, 3.63) is 18.6 Å². The molecule has 1 fully saturated rings. The molecule has 0 unspecified atom stereocenters. The van der Waals surface area contributed by atoms with Crippen LogP contribution in [0.4, 0.5) is 11.6 Å².